The Morgan fingerprint density at radius 3 is 1.88 bits per heavy atom. The van der Waals surface area contributed by atoms with E-state index in [1.54, 1.807) is 13.8 Å². The van der Waals surface area contributed by atoms with Crippen LogP contribution < -0.4 is 0 Å². The molecule has 0 aliphatic carbocycles. The molecule has 0 radical (unpaired) electrons. The first kappa shape index (κ1) is 20.2. The average Bonchev–Trinajstić information content (AvgIpc) is 2.67. The minimum atomic E-state index is -0.575. The molecule has 2 heterocycles. The number of nitrogens with zero attached hydrogens (tertiary/aromatic N) is 2. The first-order valence-electron chi connectivity index (χ1n) is 9.39. The number of esters is 2. The fraction of sp³-hybridized carbons (Fsp3) is 0.778. The van der Waals surface area contributed by atoms with Crippen LogP contribution in [0.3, 0.4) is 0 Å². The van der Waals surface area contributed by atoms with Crippen molar-refractivity contribution in [2.45, 2.75) is 39.5 Å². The first-order valence-corrected chi connectivity index (χ1v) is 9.39. The zero-order chi connectivity index (χ0) is 19.1. The van der Waals surface area contributed by atoms with Crippen LogP contribution in [-0.4, -0.2) is 72.9 Å². The quantitative estimate of drug-likeness (QED) is 0.533. The highest BCUT2D eigenvalue weighted by Crippen LogP contribution is 2.21. The molecule has 2 fully saturated rings. The van der Waals surface area contributed by atoms with Crippen molar-refractivity contribution >= 4 is 23.8 Å². The lowest BCUT2D eigenvalue weighted by Gasteiger charge is -2.34. The summed E-state index contributed by atoms with van der Waals surface area (Å²) in [5.41, 5.74) is 0. The number of amides is 2. The highest BCUT2D eigenvalue weighted by Gasteiger charge is 2.36. The van der Waals surface area contributed by atoms with Crippen LogP contribution in [-0.2, 0) is 28.7 Å². The zero-order valence-corrected chi connectivity index (χ0v) is 15.6. The normalized spacial score (nSPS) is 21.2. The van der Waals surface area contributed by atoms with Crippen molar-refractivity contribution < 1.29 is 28.7 Å². The van der Waals surface area contributed by atoms with Crippen molar-refractivity contribution in [3.05, 3.63) is 0 Å². The lowest BCUT2D eigenvalue weighted by Crippen LogP contribution is -2.51. The van der Waals surface area contributed by atoms with Gasteiger partial charge in [-0.2, -0.15) is 0 Å². The largest absolute Gasteiger partial charge is 0.466 e. The van der Waals surface area contributed by atoms with E-state index < -0.39 is 11.8 Å². The van der Waals surface area contributed by atoms with Gasteiger partial charge in [0.25, 0.3) is 0 Å². The molecule has 2 aliphatic rings. The van der Waals surface area contributed by atoms with E-state index in [4.69, 9.17) is 9.47 Å². The molecule has 1 unspecified atom stereocenters. The SMILES string of the molecule is CCOC(=O)C1CCN(C(=O)C(=O)N2CCCC(C(=O)OCC)C2)CC1. The summed E-state index contributed by atoms with van der Waals surface area (Å²) in [6.45, 7) is 5.57. The zero-order valence-electron chi connectivity index (χ0n) is 15.6. The monoisotopic (exact) mass is 368 g/mol. The fourth-order valence-corrected chi connectivity index (χ4v) is 3.46. The van der Waals surface area contributed by atoms with Crippen LogP contribution in [0.4, 0.5) is 0 Å². The van der Waals surface area contributed by atoms with E-state index >= 15 is 0 Å². The summed E-state index contributed by atoms with van der Waals surface area (Å²) in [5.74, 6) is -2.26. The molecule has 26 heavy (non-hydrogen) atoms. The third-order valence-electron chi connectivity index (χ3n) is 4.91. The highest BCUT2D eigenvalue weighted by atomic mass is 16.5. The Morgan fingerprint density at radius 1 is 0.769 bits per heavy atom. The summed E-state index contributed by atoms with van der Waals surface area (Å²) >= 11 is 0. The molecular formula is C18H28N2O6. The Balaban J connectivity index is 1.86. The van der Waals surface area contributed by atoms with Crippen LogP contribution in [0.5, 0.6) is 0 Å². The molecule has 0 aromatic rings. The third kappa shape index (κ3) is 4.95. The summed E-state index contributed by atoms with van der Waals surface area (Å²) in [6, 6.07) is 0. The van der Waals surface area contributed by atoms with Gasteiger partial charge in [0.1, 0.15) is 0 Å². The Labute approximate surface area is 153 Å². The summed E-state index contributed by atoms with van der Waals surface area (Å²) < 4.78 is 10.0. The maximum atomic E-state index is 12.5. The average molecular weight is 368 g/mol. The number of piperidine rings is 2. The predicted molar refractivity (Wildman–Crippen MR) is 91.9 cm³/mol. The molecule has 2 rings (SSSR count). The van der Waals surface area contributed by atoms with Crippen LogP contribution in [0.1, 0.15) is 39.5 Å². The summed E-state index contributed by atoms with van der Waals surface area (Å²) in [6.07, 6.45) is 2.35. The molecular weight excluding hydrogens is 340 g/mol. The van der Waals surface area contributed by atoms with E-state index in [-0.39, 0.29) is 30.3 Å². The maximum Gasteiger partial charge on any atom is 0.312 e. The molecule has 2 saturated heterocycles. The number of hydrogen-bond acceptors (Lipinski definition) is 6. The van der Waals surface area contributed by atoms with E-state index in [2.05, 4.69) is 0 Å². The molecule has 1 atom stereocenters. The van der Waals surface area contributed by atoms with Crippen LogP contribution in [0.2, 0.25) is 0 Å². The molecule has 2 aliphatic heterocycles. The Morgan fingerprint density at radius 2 is 1.31 bits per heavy atom. The molecule has 0 bridgehead atoms. The predicted octanol–water partition coefficient (Wildman–Crippen LogP) is 0.590. The van der Waals surface area contributed by atoms with Crippen LogP contribution in [0.15, 0.2) is 0 Å². The molecule has 0 N–H and O–H groups in total. The minimum Gasteiger partial charge on any atom is -0.466 e. The molecule has 0 aromatic carbocycles. The third-order valence-corrected chi connectivity index (χ3v) is 4.91. The Kier molecular flexibility index (Phi) is 7.41. The minimum absolute atomic E-state index is 0.211. The Hall–Kier alpha value is -2.12. The highest BCUT2D eigenvalue weighted by molar-refractivity contribution is 6.35. The number of rotatable bonds is 4. The number of carbonyl (C=O) groups is 4. The smallest absolute Gasteiger partial charge is 0.312 e. The second-order valence-corrected chi connectivity index (χ2v) is 6.66. The molecule has 2 amide bonds. The van der Waals surface area contributed by atoms with Gasteiger partial charge in [0, 0.05) is 26.2 Å². The van der Waals surface area contributed by atoms with Crippen molar-refractivity contribution in [2.75, 3.05) is 39.4 Å². The van der Waals surface area contributed by atoms with Gasteiger partial charge < -0.3 is 19.3 Å². The number of ether oxygens (including phenoxy) is 2. The second kappa shape index (κ2) is 9.54. The van der Waals surface area contributed by atoms with Crippen molar-refractivity contribution in [3.63, 3.8) is 0 Å². The topological polar surface area (TPSA) is 93.2 Å². The standard InChI is InChI=1S/C18H28N2O6/c1-3-25-17(23)13-7-10-19(11-8-13)15(21)16(22)20-9-5-6-14(12-20)18(24)26-4-2/h13-14H,3-12H2,1-2H3. The lowest BCUT2D eigenvalue weighted by molar-refractivity contribution is -0.158. The van der Waals surface area contributed by atoms with Gasteiger partial charge in [0.15, 0.2) is 0 Å². The first-order chi connectivity index (χ1) is 12.5. The van der Waals surface area contributed by atoms with Crippen molar-refractivity contribution in [1.82, 2.24) is 9.80 Å². The van der Waals surface area contributed by atoms with Crippen LogP contribution >= 0.6 is 0 Å². The van der Waals surface area contributed by atoms with Crippen molar-refractivity contribution in [1.29, 1.82) is 0 Å². The summed E-state index contributed by atoms with van der Waals surface area (Å²) in [7, 11) is 0. The van der Waals surface area contributed by atoms with E-state index in [9.17, 15) is 19.2 Å². The van der Waals surface area contributed by atoms with Gasteiger partial charge in [0.2, 0.25) is 0 Å². The van der Waals surface area contributed by atoms with E-state index in [0.717, 1.165) is 0 Å². The van der Waals surface area contributed by atoms with Gasteiger partial charge >= 0.3 is 23.8 Å². The number of hydrogen-bond donors (Lipinski definition) is 0. The molecule has 0 aromatic heterocycles. The number of likely N-dealkylation sites (tertiary alicyclic amines) is 2. The Bertz CT molecular complexity index is 542. The molecule has 0 saturated carbocycles. The van der Waals surface area contributed by atoms with Crippen LogP contribution in [0.25, 0.3) is 0 Å². The molecule has 8 nitrogen and oxygen atoms in total. The molecule has 146 valence electrons. The van der Waals surface area contributed by atoms with E-state index in [0.29, 0.717) is 58.5 Å². The van der Waals surface area contributed by atoms with Crippen molar-refractivity contribution in [2.24, 2.45) is 11.8 Å². The summed E-state index contributed by atoms with van der Waals surface area (Å²) in [4.78, 5) is 51.6. The van der Waals surface area contributed by atoms with Crippen molar-refractivity contribution in [3.8, 4) is 0 Å². The van der Waals surface area contributed by atoms with Crippen LogP contribution in [0, 0.1) is 11.8 Å². The summed E-state index contributed by atoms with van der Waals surface area (Å²) in [5, 5.41) is 0. The van der Waals surface area contributed by atoms with E-state index in [1.807, 2.05) is 0 Å². The number of carbonyl (C=O) groups excluding carboxylic acids is 4. The van der Waals surface area contributed by atoms with Gasteiger partial charge in [-0.3, -0.25) is 19.2 Å². The molecule has 8 heteroatoms. The van der Waals surface area contributed by atoms with Gasteiger partial charge in [0.05, 0.1) is 25.0 Å². The fourth-order valence-electron chi connectivity index (χ4n) is 3.46. The molecule has 0 spiro atoms. The van der Waals surface area contributed by atoms with Gasteiger partial charge in [-0.05, 0) is 39.5 Å². The van der Waals surface area contributed by atoms with E-state index in [1.165, 1.54) is 9.80 Å². The maximum absolute atomic E-state index is 12.5. The van der Waals surface area contributed by atoms with Gasteiger partial charge in [-0.1, -0.05) is 0 Å². The second-order valence-electron chi connectivity index (χ2n) is 6.66. The lowest BCUT2D eigenvalue weighted by atomic mass is 9.96. The van der Waals surface area contributed by atoms with Gasteiger partial charge in [-0.25, -0.2) is 0 Å². The van der Waals surface area contributed by atoms with Gasteiger partial charge in [-0.15, -0.1) is 0 Å².